The smallest absolute Gasteiger partial charge is 0.0468 e. The molecule has 0 radical (unpaired) electrons. The van der Waals surface area contributed by atoms with Gasteiger partial charge in [0, 0.05) is 22.5 Å². The van der Waals surface area contributed by atoms with E-state index in [4.69, 9.17) is 0 Å². The zero-order valence-corrected chi connectivity index (χ0v) is 34.8. The van der Waals surface area contributed by atoms with Crippen molar-refractivity contribution in [3.8, 4) is 44.5 Å². The van der Waals surface area contributed by atoms with Crippen molar-refractivity contribution in [2.75, 3.05) is 4.90 Å². The zero-order valence-electron chi connectivity index (χ0n) is 34.8. The topological polar surface area (TPSA) is 3.24 Å². The van der Waals surface area contributed by atoms with Crippen LogP contribution in [0.4, 0.5) is 17.1 Å². The van der Waals surface area contributed by atoms with E-state index in [-0.39, 0.29) is 5.41 Å². The van der Waals surface area contributed by atoms with Crippen molar-refractivity contribution in [1.29, 1.82) is 0 Å². The normalized spacial score (nSPS) is 12.8. The Morgan fingerprint density at radius 2 is 0.774 bits per heavy atom. The molecule has 0 fully saturated rings. The third-order valence-electron chi connectivity index (χ3n) is 13.4. The molecule has 12 rings (SSSR count). The lowest BCUT2D eigenvalue weighted by atomic mass is 9.79. The summed E-state index contributed by atoms with van der Waals surface area (Å²) >= 11 is 0. The minimum Gasteiger partial charge on any atom is -0.310 e. The van der Waals surface area contributed by atoms with E-state index in [0.29, 0.717) is 0 Å². The monoisotopic (exact) mass is 789 g/mol. The van der Waals surface area contributed by atoms with E-state index in [0.717, 1.165) is 17.1 Å². The van der Waals surface area contributed by atoms with Crippen molar-refractivity contribution in [3.05, 3.63) is 236 Å². The third kappa shape index (κ3) is 5.70. The predicted octanol–water partition coefficient (Wildman–Crippen LogP) is 17.1. The third-order valence-corrected chi connectivity index (χ3v) is 13.4. The van der Waals surface area contributed by atoms with E-state index >= 15 is 0 Å². The van der Waals surface area contributed by atoms with Crippen molar-refractivity contribution < 1.29 is 0 Å². The lowest BCUT2D eigenvalue weighted by Crippen LogP contribution is -2.16. The molecular formula is C61H43N. The first-order valence-corrected chi connectivity index (χ1v) is 21.7. The summed E-state index contributed by atoms with van der Waals surface area (Å²) in [7, 11) is 0. The van der Waals surface area contributed by atoms with Gasteiger partial charge in [-0.2, -0.15) is 0 Å². The molecule has 62 heavy (non-hydrogen) atoms. The molecule has 0 saturated carbocycles. The number of hydrogen-bond donors (Lipinski definition) is 0. The van der Waals surface area contributed by atoms with Crippen LogP contribution in [0.25, 0.3) is 87.6 Å². The van der Waals surface area contributed by atoms with Crippen molar-refractivity contribution in [2.24, 2.45) is 0 Å². The lowest BCUT2D eigenvalue weighted by Gasteiger charge is -2.27. The van der Waals surface area contributed by atoms with Gasteiger partial charge in [0.1, 0.15) is 0 Å². The van der Waals surface area contributed by atoms with Crippen LogP contribution in [0.15, 0.2) is 224 Å². The van der Waals surface area contributed by atoms with E-state index < -0.39 is 0 Å². The molecule has 0 spiro atoms. The molecule has 0 saturated heterocycles. The van der Waals surface area contributed by atoms with Crippen LogP contribution in [0.5, 0.6) is 0 Å². The van der Waals surface area contributed by atoms with Gasteiger partial charge in [-0.15, -0.1) is 0 Å². The molecular weight excluding hydrogens is 747 g/mol. The second-order valence-electron chi connectivity index (χ2n) is 17.3. The molecule has 0 atom stereocenters. The summed E-state index contributed by atoms with van der Waals surface area (Å²) in [4.78, 5) is 2.42. The Morgan fingerprint density at radius 1 is 0.290 bits per heavy atom. The summed E-state index contributed by atoms with van der Waals surface area (Å²) in [6, 6.07) is 82.9. The number of fused-ring (bicyclic) bond motifs is 10. The molecule has 1 aliphatic rings. The average Bonchev–Trinajstić information content (AvgIpc) is 3.58. The largest absolute Gasteiger partial charge is 0.310 e. The van der Waals surface area contributed by atoms with Crippen LogP contribution in [0.1, 0.15) is 25.0 Å². The van der Waals surface area contributed by atoms with Crippen molar-refractivity contribution in [1.82, 2.24) is 0 Å². The fourth-order valence-electron chi connectivity index (χ4n) is 10.5. The molecule has 0 amide bonds. The minimum absolute atomic E-state index is 0.0958. The zero-order chi connectivity index (χ0) is 41.4. The maximum absolute atomic E-state index is 2.42. The molecule has 0 N–H and O–H groups in total. The highest BCUT2D eigenvalue weighted by atomic mass is 15.1. The highest BCUT2D eigenvalue weighted by molar-refractivity contribution is 6.25. The van der Waals surface area contributed by atoms with Crippen molar-refractivity contribution in [3.63, 3.8) is 0 Å². The van der Waals surface area contributed by atoms with Crippen LogP contribution >= 0.6 is 0 Å². The van der Waals surface area contributed by atoms with E-state index in [1.165, 1.54) is 98.7 Å². The van der Waals surface area contributed by atoms with Gasteiger partial charge in [-0.1, -0.05) is 196 Å². The van der Waals surface area contributed by atoms with Gasteiger partial charge >= 0.3 is 0 Å². The SMILES string of the molecule is CC1(C)c2ccccc2-c2cccc(-c3ccc(N(c4ccc(-c5cccc(-c6cccc7ccccc67)c5)cc4)c4ccc5c6ccccc6c6ccccc6c5c4)cc3)c21. The standard InChI is InChI=1S/C61H43N/c1-61(2)59-27-10-9-23-56(59)57-26-13-25-50(60(57)61)42-30-34-46(35-31-42)62(47-36-37-55-53-21-6-5-19-51(53)52-20-7-8-22-54(52)58(55)39-47)45-32-28-40(29-33-45)43-16-11-17-44(38-43)49-24-12-15-41-14-3-4-18-48(41)49/h3-39H,1-2H3. The molecule has 1 heteroatoms. The lowest BCUT2D eigenvalue weighted by molar-refractivity contribution is 0.662. The first kappa shape index (κ1) is 36.1. The molecule has 1 aliphatic carbocycles. The Kier molecular flexibility index (Phi) is 8.27. The molecule has 11 aromatic rings. The Labute approximate surface area is 362 Å². The molecule has 11 aromatic carbocycles. The van der Waals surface area contributed by atoms with Crippen LogP contribution in [0.2, 0.25) is 0 Å². The van der Waals surface area contributed by atoms with Gasteiger partial charge in [0.2, 0.25) is 0 Å². The van der Waals surface area contributed by atoms with Crippen LogP contribution in [0.3, 0.4) is 0 Å². The minimum atomic E-state index is -0.0958. The highest BCUT2D eigenvalue weighted by Gasteiger charge is 2.37. The van der Waals surface area contributed by atoms with Crippen molar-refractivity contribution >= 4 is 60.2 Å². The Bertz CT molecular complexity index is 3500. The Morgan fingerprint density at radius 3 is 1.50 bits per heavy atom. The number of benzene rings is 11. The first-order valence-electron chi connectivity index (χ1n) is 21.7. The maximum atomic E-state index is 2.42. The summed E-state index contributed by atoms with van der Waals surface area (Å²) in [5.74, 6) is 0. The molecule has 292 valence electrons. The predicted molar refractivity (Wildman–Crippen MR) is 265 cm³/mol. The summed E-state index contributed by atoms with van der Waals surface area (Å²) < 4.78 is 0. The van der Waals surface area contributed by atoms with Crippen LogP contribution in [-0.2, 0) is 5.41 Å². The Hall–Kier alpha value is -7.74. The quantitative estimate of drug-likeness (QED) is 0.152. The van der Waals surface area contributed by atoms with Gasteiger partial charge in [0.05, 0.1) is 0 Å². The maximum Gasteiger partial charge on any atom is 0.0468 e. The first-order chi connectivity index (χ1) is 30.5. The summed E-state index contributed by atoms with van der Waals surface area (Å²) in [6.45, 7) is 4.74. The van der Waals surface area contributed by atoms with E-state index in [1.807, 2.05) is 0 Å². The number of nitrogens with zero attached hydrogens (tertiary/aromatic N) is 1. The summed E-state index contributed by atoms with van der Waals surface area (Å²) in [5, 5.41) is 10.1. The van der Waals surface area contributed by atoms with Gasteiger partial charge in [0.25, 0.3) is 0 Å². The van der Waals surface area contributed by atoms with Gasteiger partial charge in [0.15, 0.2) is 0 Å². The van der Waals surface area contributed by atoms with Gasteiger partial charge in [-0.25, -0.2) is 0 Å². The van der Waals surface area contributed by atoms with E-state index in [1.54, 1.807) is 0 Å². The molecule has 1 nitrogen and oxygen atoms in total. The van der Waals surface area contributed by atoms with E-state index in [9.17, 15) is 0 Å². The Balaban J connectivity index is 0.984. The molecule has 0 aliphatic heterocycles. The average molecular weight is 790 g/mol. The second kappa shape index (κ2) is 14.2. The highest BCUT2D eigenvalue weighted by Crippen LogP contribution is 2.52. The second-order valence-corrected chi connectivity index (χ2v) is 17.3. The molecule has 0 aromatic heterocycles. The molecule has 0 unspecified atom stereocenters. The van der Waals surface area contributed by atoms with Gasteiger partial charge in [-0.3, -0.25) is 0 Å². The van der Waals surface area contributed by atoms with Gasteiger partial charge in [-0.05, 0) is 141 Å². The number of rotatable bonds is 6. The van der Waals surface area contributed by atoms with Gasteiger partial charge < -0.3 is 4.90 Å². The fourth-order valence-corrected chi connectivity index (χ4v) is 10.5. The molecule has 0 bridgehead atoms. The van der Waals surface area contributed by atoms with Crippen LogP contribution in [-0.4, -0.2) is 0 Å². The fraction of sp³-hybridized carbons (Fsp3) is 0.0492. The van der Waals surface area contributed by atoms with E-state index in [2.05, 4.69) is 243 Å². The van der Waals surface area contributed by atoms with Crippen LogP contribution < -0.4 is 4.90 Å². The number of anilines is 3. The molecule has 0 heterocycles. The van der Waals surface area contributed by atoms with Crippen molar-refractivity contribution in [2.45, 2.75) is 19.3 Å². The number of hydrogen-bond acceptors (Lipinski definition) is 1. The summed E-state index contributed by atoms with van der Waals surface area (Å²) in [5.41, 5.74) is 16.1. The van der Waals surface area contributed by atoms with Crippen LogP contribution in [0, 0.1) is 0 Å². The summed E-state index contributed by atoms with van der Waals surface area (Å²) in [6.07, 6.45) is 0.